The summed E-state index contributed by atoms with van der Waals surface area (Å²) in [6.45, 7) is 2.44. The van der Waals surface area contributed by atoms with Crippen LogP contribution >= 0.6 is 24.0 Å². The smallest absolute Gasteiger partial charge is 0.251 e. The molecule has 31 heavy (non-hydrogen) atoms. The number of carbonyl (C=O) groups is 1. The average Bonchev–Trinajstić information content (AvgIpc) is 2.78. The third-order valence-corrected chi connectivity index (χ3v) is 5.28. The monoisotopic (exact) mass is 539 g/mol. The van der Waals surface area contributed by atoms with E-state index in [9.17, 15) is 9.18 Å². The van der Waals surface area contributed by atoms with Crippen LogP contribution in [0.5, 0.6) is 0 Å². The summed E-state index contributed by atoms with van der Waals surface area (Å²) in [7, 11) is 3.39. The molecule has 168 valence electrons. The molecule has 1 saturated heterocycles. The van der Waals surface area contributed by atoms with Crippen LogP contribution in [0.2, 0.25) is 0 Å². The lowest BCUT2D eigenvalue weighted by Crippen LogP contribution is -2.51. The van der Waals surface area contributed by atoms with E-state index in [2.05, 4.69) is 25.8 Å². The number of rotatable bonds is 6. The molecular weight excluding hydrogens is 508 g/mol. The van der Waals surface area contributed by atoms with Gasteiger partial charge in [-0.2, -0.15) is 0 Å². The van der Waals surface area contributed by atoms with Crippen molar-refractivity contribution in [1.82, 2.24) is 16.0 Å². The molecule has 3 N–H and O–H groups in total. The first kappa shape index (κ1) is 24.9. The molecular formula is C23H31FIN5O. The number of nitrogens with zero attached hydrogens (tertiary/aromatic N) is 2. The maximum atomic E-state index is 13.6. The summed E-state index contributed by atoms with van der Waals surface area (Å²) in [6.07, 6.45) is 2.86. The minimum atomic E-state index is -0.208. The van der Waals surface area contributed by atoms with Crippen molar-refractivity contribution in [2.75, 3.05) is 38.6 Å². The molecule has 0 saturated carbocycles. The van der Waals surface area contributed by atoms with Crippen LogP contribution in [-0.4, -0.2) is 51.6 Å². The van der Waals surface area contributed by atoms with Gasteiger partial charge in [-0.3, -0.25) is 9.79 Å². The summed E-state index contributed by atoms with van der Waals surface area (Å²) in [4.78, 5) is 18.3. The SMILES string of the molecule is CN=C(NCCc1cccc(C(=O)NC)c1)NC1CCCN(c2cccc(F)c2)C1.I. The Kier molecular flexibility index (Phi) is 10.0. The number of aliphatic imine (C=N–C) groups is 1. The third kappa shape index (κ3) is 7.37. The predicted octanol–water partition coefficient (Wildman–Crippen LogP) is 3.18. The van der Waals surface area contributed by atoms with Crippen molar-refractivity contribution in [1.29, 1.82) is 0 Å². The summed E-state index contributed by atoms with van der Waals surface area (Å²) in [5.74, 6) is 0.464. The summed E-state index contributed by atoms with van der Waals surface area (Å²) in [5, 5.41) is 9.48. The van der Waals surface area contributed by atoms with Gasteiger partial charge in [0.1, 0.15) is 5.82 Å². The summed E-state index contributed by atoms with van der Waals surface area (Å²) in [5.41, 5.74) is 2.67. The lowest BCUT2D eigenvalue weighted by atomic mass is 10.0. The molecule has 3 rings (SSSR count). The fraction of sp³-hybridized carbons (Fsp3) is 0.391. The maximum Gasteiger partial charge on any atom is 0.251 e. The van der Waals surface area contributed by atoms with Crippen LogP contribution in [0.15, 0.2) is 53.5 Å². The highest BCUT2D eigenvalue weighted by Crippen LogP contribution is 2.20. The summed E-state index contributed by atoms with van der Waals surface area (Å²) < 4.78 is 13.6. The van der Waals surface area contributed by atoms with Crippen molar-refractivity contribution in [3.63, 3.8) is 0 Å². The minimum absolute atomic E-state index is 0. The van der Waals surface area contributed by atoms with Gasteiger partial charge < -0.3 is 20.9 Å². The molecule has 1 unspecified atom stereocenters. The Hall–Kier alpha value is -2.36. The van der Waals surface area contributed by atoms with Crippen LogP contribution in [0.3, 0.4) is 0 Å². The Labute approximate surface area is 200 Å². The van der Waals surface area contributed by atoms with Crippen molar-refractivity contribution < 1.29 is 9.18 Å². The van der Waals surface area contributed by atoms with E-state index in [1.54, 1.807) is 26.2 Å². The fourth-order valence-corrected chi connectivity index (χ4v) is 3.73. The number of anilines is 1. The second-order valence-corrected chi connectivity index (χ2v) is 7.44. The Bertz CT molecular complexity index is 892. The van der Waals surface area contributed by atoms with Crippen LogP contribution in [0.1, 0.15) is 28.8 Å². The Balaban J connectivity index is 0.00000341. The molecule has 2 aromatic rings. The number of halogens is 2. The van der Waals surface area contributed by atoms with Crippen molar-refractivity contribution in [2.24, 2.45) is 4.99 Å². The van der Waals surface area contributed by atoms with Gasteiger partial charge in [0.2, 0.25) is 0 Å². The van der Waals surface area contributed by atoms with Crippen LogP contribution in [0.25, 0.3) is 0 Å². The molecule has 0 bridgehead atoms. The van der Waals surface area contributed by atoms with E-state index in [0.29, 0.717) is 12.1 Å². The van der Waals surface area contributed by atoms with Crippen molar-refractivity contribution in [2.45, 2.75) is 25.3 Å². The number of benzene rings is 2. The predicted molar refractivity (Wildman–Crippen MR) is 135 cm³/mol. The molecule has 0 aromatic heterocycles. The van der Waals surface area contributed by atoms with Crippen LogP contribution < -0.4 is 20.9 Å². The van der Waals surface area contributed by atoms with Gasteiger partial charge in [0.05, 0.1) is 0 Å². The normalized spacial score (nSPS) is 16.3. The van der Waals surface area contributed by atoms with Gasteiger partial charge in [0.15, 0.2) is 5.96 Å². The van der Waals surface area contributed by atoms with Gasteiger partial charge in [-0.1, -0.05) is 18.2 Å². The van der Waals surface area contributed by atoms with Crippen LogP contribution in [0.4, 0.5) is 10.1 Å². The summed E-state index contributed by atoms with van der Waals surface area (Å²) in [6, 6.07) is 14.6. The van der Waals surface area contributed by atoms with Gasteiger partial charge in [-0.15, -0.1) is 24.0 Å². The molecule has 1 fully saturated rings. The number of hydrogen-bond acceptors (Lipinski definition) is 3. The van der Waals surface area contributed by atoms with E-state index >= 15 is 0 Å². The number of amides is 1. The van der Waals surface area contributed by atoms with E-state index in [1.807, 2.05) is 30.3 Å². The Morgan fingerprint density at radius 1 is 1.23 bits per heavy atom. The minimum Gasteiger partial charge on any atom is -0.369 e. The molecule has 1 atom stereocenters. The molecule has 0 aliphatic carbocycles. The third-order valence-electron chi connectivity index (χ3n) is 5.28. The number of carbonyl (C=O) groups excluding carboxylic acids is 1. The number of guanidine groups is 1. The van der Waals surface area contributed by atoms with Crippen LogP contribution in [0, 0.1) is 5.82 Å². The first-order valence-electron chi connectivity index (χ1n) is 10.4. The molecule has 2 aromatic carbocycles. The highest BCUT2D eigenvalue weighted by molar-refractivity contribution is 14.0. The maximum absolute atomic E-state index is 13.6. The zero-order chi connectivity index (χ0) is 21.3. The number of piperidine rings is 1. The first-order chi connectivity index (χ1) is 14.6. The highest BCUT2D eigenvalue weighted by Gasteiger charge is 2.21. The van der Waals surface area contributed by atoms with E-state index < -0.39 is 0 Å². The molecule has 8 heteroatoms. The number of hydrogen-bond donors (Lipinski definition) is 3. The lowest BCUT2D eigenvalue weighted by molar-refractivity contribution is 0.0963. The molecule has 0 radical (unpaired) electrons. The second-order valence-electron chi connectivity index (χ2n) is 7.44. The van der Waals surface area contributed by atoms with Crippen molar-refractivity contribution in [3.05, 3.63) is 65.5 Å². The second kappa shape index (κ2) is 12.5. The van der Waals surface area contributed by atoms with E-state index in [4.69, 9.17) is 0 Å². The van der Waals surface area contributed by atoms with Crippen molar-refractivity contribution >= 4 is 41.5 Å². The molecule has 0 spiro atoms. The Morgan fingerprint density at radius 2 is 2.03 bits per heavy atom. The first-order valence-corrected chi connectivity index (χ1v) is 10.4. The highest BCUT2D eigenvalue weighted by atomic mass is 127. The standard InChI is InChI=1S/C23H30FN5O.HI/c1-25-22(30)18-7-3-6-17(14-18)11-12-27-23(26-2)28-20-9-5-13-29(16-20)21-10-4-8-19(24)15-21;/h3-4,6-8,10,14-15,20H,5,9,11-13,16H2,1-2H3,(H,25,30)(H2,26,27,28);1H. The fourth-order valence-electron chi connectivity index (χ4n) is 3.73. The van der Waals surface area contributed by atoms with Crippen LogP contribution in [-0.2, 0) is 6.42 Å². The zero-order valence-electron chi connectivity index (χ0n) is 18.0. The van der Waals surface area contributed by atoms with Crippen molar-refractivity contribution in [3.8, 4) is 0 Å². The molecule has 1 aliphatic rings. The van der Waals surface area contributed by atoms with E-state index in [0.717, 1.165) is 49.6 Å². The number of nitrogens with one attached hydrogen (secondary N) is 3. The molecule has 6 nitrogen and oxygen atoms in total. The van der Waals surface area contributed by atoms with Gasteiger partial charge in [-0.05, 0) is 55.2 Å². The topological polar surface area (TPSA) is 68.8 Å². The van der Waals surface area contributed by atoms with E-state index in [-0.39, 0.29) is 41.7 Å². The average molecular weight is 539 g/mol. The largest absolute Gasteiger partial charge is 0.369 e. The summed E-state index contributed by atoms with van der Waals surface area (Å²) >= 11 is 0. The molecule has 1 amide bonds. The van der Waals surface area contributed by atoms with Gasteiger partial charge in [-0.25, -0.2) is 4.39 Å². The van der Waals surface area contributed by atoms with Gasteiger partial charge >= 0.3 is 0 Å². The zero-order valence-corrected chi connectivity index (χ0v) is 20.4. The Morgan fingerprint density at radius 3 is 2.77 bits per heavy atom. The molecule has 1 heterocycles. The van der Waals surface area contributed by atoms with Gasteiger partial charge in [0, 0.05) is 51.0 Å². The lowest BCUT2D eigenvalue weighted by Gasteiger charge is -2.35. The van der Waals surface area contributed by atoms with Gasteiger partial charge in [0.25, 0.3) is 5.91 Å². The molecule has 1 aliphatic heterocycles. The quantitative estimate of drug-likeness (QED) is 0.300. The van der Waals surface area contributed by atoms with E-state index in [1.165, 1.54) is 6.07 Å².